The molecule has 0 spiro atoms. The second-order valence-electron chi connectivity index (χ2n) is 9.18. The zero-order chi connectivity index (χ0) is 21.2. The predicted octanol–water partition coefficient (Wildman–Crippen LogP) is 5.63. The van der Waals surface area contributed by atoms with Crippen LogP contribution in [0.25, 0.3) is 5.57 Å². The summed E-state index contributed by atoms with van der Waals surface area (Å²) >= 11 is 0. The van der Waals surface area contributed by atoms with Crippen molar-refractivity contribution in [3.8, 4) is 0 Å². The van der Waals surface area contributed by atoms with E-state index in [4.69, 9.17) is 4.74 Å². The first-order valence-electron chi connectivity index (χ1n) is 10.3. The van der Waals surface area contributed by atoms with Gasteiger partial charge in [-0.05, 0) is 65.0 Å². The highest BCUT2D eigenvalue weighted by molar-refractivity contribution is 6.17. The van der Waals surface area contributed by atoms with Crippen LogP contribution < -0.4 is 0 Å². The maximum absolute atomic E-state index is 12.8. The van der Waals surface area contributed by atoms with Gasteiger partial charge in [0.1, 0.15) is 5.94 Å². The molecule has 0 bridgehead atoms. The molecule has 0 N–H and O–H groups in total. The van der Waals surface area contributed by atoms with Crippen molar-refractivity contribution in [3.05, 3.63) is 70.3 Å². The molecule has 0 atom stereocenters. The first-order chi connectivity index (χ1) is 13.7. The minimum atomic E-state index is -0.327. The molecule has 1 aromatic rings. The molecule has 152 valence electrons. The van der Waals surface area contributed by atoms with Gasteiger partial charge in [0.15, 0.2) is 0 Å². The summed E-state index contributed by atoms with van der Waals surface area (Å²) in [7, 11) is 0. The standard InChI is InChI=1S/C26H30O3/c1-6-29-24(28)21(15-18-7-9-19(17-27)10-8-18)20-11-12-22-23(16-20)26(4,5)14-13-25(22,2)3/h7-9,11-12,15-16H,6,10,13-14H2,1-5H3/b21-15+. The molecule has 2 aliphatic rings. The van der Waals surface area contributed by atoms with E-state index < -0.39 is 0 Å². The molecule has 3 heteroatoms. The Morgan fingerprint density at radius 2 is 1.79 bits per heavy atom. The first kappa shape index (κ1) is 21.1. The number of esters is 1. The van der Waals surface area contributed by atoms with Gasteiger partial charge < -0.3 is 4.74 Å². The highest BCUT2D eigenvalue weighted by atomic mass is 16.5. The normalized spacial score (nSPS) is 19.8. The lowest BCUT2D eigenvalue weighted by Gasteiger charge is -2.42. The molecule has 0 amide bonds. The van der Waals surface area contributed by atoms with Crippen LogP contribution in [0, 0.1) is 0 Å². The molecular formula is C26H30O3. The van der Waals surface area contributed by atoms with Crippen LogP contribution >= 0.6 is 0 Å². The lowest BCUT2D eigenvalue weighted by Crippen LogP contribution is -2.33. The van der Waals surface area contributed by atoms with E-state index in [1.54, 1.807) is 6.08 Å². The zero-order valence-corrected chi connectivity index (χ0v) is 18.1. The maximum Gasteiger partial charge on any atom is 0.338 e. The number of fused-ring (bicyclic) bond motifs is 1. The molecule has 0 radical (unpaired) electrons. The Balaban J connectivity index is 2.09. The third-order valence-electron chi connectivity index (χ3n) is 6.14. The third kappa shape index (κ3) is 4.36. The Labute approximate surface area is 173 Å². The summed E-state index contributed by atoms with van der Waals surface area (Å²) in [5.74, 6) is 1.60. The number of benzene rings is 1. The van der Waals surface area contributed by atoms with E-state index in [1.807, 2.05) is 37.2 Å². The second-order valence-corrected chi connectivity index (χ2v) is 9.18. The molecule has 29 heavy (non-hydrogen) atoms. The van der Waals surface area contributed by atoms with Crippen LogP contribution in [0.1, 0.15) is 70.6 Å². The fraction of sp³-hybridized carbons (Fsp3) is 0.423. The van der Waals surface area contributed by atoms with Gasteiger partial charge in [0, 0.05) is 12.0 Å². The van der Waals surface area contributed by atoms with Crippen LogP contribution in [0.4, 0.5) is 0 Å². The summed E-state index contributed by atoms with van der Waals surface area (Å²) in [4.78, 5) is 23.6. The minimum Gasteiger partial charge on any atom is -0.462 e. The number of allylic oxidation sites excluding steroid dienone is 6. The number of carbonyl (C=O) groups excluding carboxylic acids is 2. The van der Waals surface area contributed by atoms with Crippen LogP contribution in [-0.2, 0) is 25.2 Å². The number of ether oxygens (including phenoxy) is 1. The summed E-state index contributed by atoms with van der Waals surface area (Å²) in [6, 6.07) is 6.38. The maximum atomic E-state index is 12.8. The van der Waals surface area contributed by atoms with E-state index in [0.29, 0.717) is 24.2 Å². The first-order valence-corrected chi connectivity index (χ1v) is 10.3. The van der Waals surface area contributed by atoms with E-state index in [0.717, 1.165) is 24.0 Å². The minimum absolute atomic E-state index is 0.0638. The highest BCUT2D eigenvalue weighted by Gasteiger charge is 2.37. The topological polar surface area (TPSA) is 43.4 Å². The summed E-state index contributed by atoms with van der Waals surface area (Å²) in [6.07, 6.45) is 10.2. The molecule has 1 aromatic carbocycles. The molecule has 0 fully saturated rings. The smallest absolute Gasteiger partial charge is 0.338 e. The van der Waals surface area contributed by atoms with Crippen molar-refractivity contribution in [3.63, 3.8) is 0 Å². The van der Waals surface area contributed by atoms with Gasteiger partial charge in [-0.2, -0.15) is 0 Å². The van der Waals surface area contributed by atoms with Crippen molar-refractivity contribution in [2.45, 2.75) is 64.7 Å². The fourth-order valence-corrected chi connectivity index (χ4v) is 4.14. The van der Waals surface area contributed by atoms with Crippen molar-refractivity contribution >= 4 is 17.5 Å². The van der Waals surface area contributed by atoms with E-state index in [9.17, 15) is 9.59 Å². The largest absolute Gasteiger partial charge is 0.462 e. The lowest BCUT2D eigenvalue weighted by molar-refractivity contribution is -0.136. The lowest BCUT2D eigenvalue weighted by atomic mass is 9.63. The van der Waals surface area contributed by atoms with E-state index in [2.05, 4.69) is 39.8 Å². The van der Waals surface area contributed by atoms with Crippen molar-refractivity contribution < 1.29 is 14.3 Å². The summed E-state index contributed by atoms with van der Waals surface area (Å²) in [6.45, 7) is 11.3. The van der Waals surface area contributed by atoms with E-state index in [-0.39, 0.29) is 16.8 Å². The van der Waals surface area contributed by atoms with Crippen molar-refractivity contribution in [2.75, 3.05) is 6.61 Å². The molecule has 0 aliphatic heterocycles. The van der Waals surface area contributed by atoms with Gasteiger partial charge in [-0.3, -0.25) is 0 Å². The number of rotatable bonds is 4. The van der Waals surface area contributed by atoms with Crippen LogP contribution in [0.2, 0.25) is 0 Å². The summed E-state index contributed by atoms with van der Waals surface area (Å²) < 4.78 is 5.35. The molecule has 0 unspecified atom stereocenters. The van der Waals surface area contributed by atoms with E-state index in [1.165, 1.54) is 11.1 Å². The number of carbonyl (C=O) groups is 1. The number of hydrogen-bond donors (Lipinski definition) is 0. The SMILES string of the molecule is CCOC(=O)/C(=C/C1=CCC(=C=O)C=C1)c1ccc2c(c1)C(C)(C)CCC2(C)C. The fourth-order valence-electron chi connectivity index (χ4n) is 4.14. The van der Waals surface area contributed by atoms with Gasteiger partial charge in [-0.25, -0.2) is 9.59 Å². The molecule has 3 nitrogen and oxygen atoms in total. The monoisotopic (exact) mass is 390 g/mol. The molecule has 0 heterocycles. The quantitative estimate of drug-likeness (QED) is 0.380. The molecule has 3 rings (SSSR count). The van der Waals surface area contributed by atoms with Gasteiger partial charge in [-0.1, -0.05) is 58.0 Å². The summed E-state index contributed by atoms with van der Waals surface area (Å²) in [5.41, 5.74) is 5.78. The average Bonchev–Trinajstić information content (AvgIpc) is 2.70. The van der Waals surface area contributed by atoms with Gasteiger partial charge >= 0.3 is 5.97 Å². The Kier molecular flexibility index (Phi) is 5.82. The molecule has 0 saturated carbocycles. The Hall–Kier alpha value is -2.64. The molecular weight excluding hydrogens is 360 g/mol. The highest BCUT2D eigenvalue weighted by Crippen LogP contribution is 2.46. The Bertz CT molecular complexity index is 964. The van der Waals surface area contributed by atoms with Gasteiger partial charge in [0.2, 0.25) is 0 Å². The van der Waals surface area contributed by atoms with Gasteiger partial charge in [-0.15, -0.1) is 0 Å². The molecule has 0 saturated heterocycles. The third-order valence-corrected chi connectivity index (χ3v) is 6.14. The van der Waals surface area contributed by atoms with Crippen LogP contribution in [0.5, 0.6) is 0 Å². The van der Waals surface area contributed by atoms with Crippen molar-refractivity contribution in [1.82, 2.24) is 0 Å². The Morgan fingerprint density at radius 3 is 2.38 bits per heavy atom. The number of hydrogen-bond acceptors (Lipinski definition) is 3. The van der Waals surface area contributed by atoms with Crippen molar-refractivity contribution in [2.24, 2.45) is 0 Å². The van der Waals surface area contributed by atoms with E-state index >= 15 is 0 Å². The van der Waals surface area contributed by atoms with Crippen LogP contribution in [0.3, 0.4) is 0 Å². The summed E-state index contributed by atoms with van der Waals surface area (Å²) in [5, 5.41) is 0. The molecule has 0 aromatic heterocycles. The van der Waals surface area contributed by atoms with Gasteiger partial charge in [0.25, 0.3) is 0 Å². The average molecular weight is 391 g/mol. The van der Waals surface area contributed by atoms with Gasteiger partial charge in [0.05, 0.1) is 12.2 Å². The Morgan fingerprint density at radius 1 is 1.10 bits per heavy atom. The zero-order valence-electron chi connectivity index (χ0n) is 18.1. The predicted molar refractivity (Wildman–Crippen MR) is 117 cm³/mol. The second kappa shape index (κ2) is 8.00. The van der Waals surface area contributed by atoms with Crippen LogP contribution in [-0.4, -0.2) is 18.5 Å². The van der Waals surface area contributed by atoms with Crippen LogP contribution in [0.15, 0.2) is 53.6 Å². The van der Waals surface area contributed by atoms with Crippen molar-refractivity contribution in [1.29, 1.82) is 0 Å². The molecule has 2 aliphatic carbocycles.